The maximum Gasteiger partial charge on any atom is 0.241 e. The molecule has 2 aliphatic heterocycles. The van der Waals surface area contributed by atoms with Gasteiger partial charge in [-0.15, -0.1) is 0 Å². The molecule has 2 aromatic carbocycles. The van der Waals surface area contributed by atoms with Gasteiger partial charge < -0.3 is 4.90 Å². The number of amides is 1. The van der Waals surface area contributed by atoms with Crippen LogP contribution >= 0.6 is 0 Å². The standard InChI is InChI=1S/C21H24N2O3S/c1-15-3-7-17(8-4-15)11-22-12-21(24)23(18-9-5-16(2)6-10-18)20-14-27(25,26)13-19(20)22/h3-10,19-20H,11-14H2,1-2H3/t19-,20+/m0/s1. The maximum absolute atomic E-state index is 13.0. The highest BCUT2D eigenvalue weighted by molar-refractivity contribution is 7.91. The predicted molar refractivity (Wildman–Crippen MR) is 106 cm³/mol. The second-order valence-corrected chi connectivity index (χ2v) is 9.86. The summed E-state index contributed by atoms with van der Waals surface area (Å²) in [6.07, 6.45) is 0. The molecular weight excluding hydrogens is 360 g/mol. The van der Waals surface area contributed by atoms with Crippen molar-refractivity contribution in [1.29, 1.82) is 0 Å². The molecule has 0 unspecified atom stereocenters. The quantitative estimate of drug-likeness (QED) is 0.815. The van der Waals surface area contributed by atoms with Crippen LogP contribution in [0.3, 0.4) is 0 Å². The molecule has 0 aromatic heterocycles. The van der Waals surface area contributed by atoms with Crippen molar-refractivity contribution in [3.05, 3.63) is 65.2 Å². The number of carbonyl (C=O) groups is 1. The van der Waals surface area contributed by atoms with Gasteiger partial charge in [-0.2, -0.15) is 0 Å². The van der Waals surface area contributed by atoms with Gasteiger partial charge in [-0.05, 0) is 31.5 Å². The summed E-state index contributed by atoms with van der Waals surface area (Å²) in [6, 6.07) is 15.4. The predicted octanol–water partition coefficient (Wildman–Crippen LogP) is 2.32. The fraction of sp³-hybridized carbons (Fsp3) is 0.381. The molecule has 2 aromatic rings. The Kier molecular flexibility index (Phi) is 4.56. The van der Waals surface area contributed by atoms with Crippen LogP contribution in [0.25, 0.3) is 0 Å². The number of benzene rings is 2. The smallest absolute Gasteiger partial charge is 0.241 e. The van der Waals surface area contributed by atoms with Gasteiger partial charge in [0.25, 0.3) is 0 Å². The van der Waals surface area contributed by atoms with E-state index < -0.39 is 9.84 Å². The van der Waals surface area contributed by atoms with Gasteiger partial charge in [0.1, 0.15) is 0 Å². The van der Waals surface area contributed by atoms with Crippen molar-refractivity contribution in [2.24, 2.45) is 0 Å². The zero-order valence-electron chi connectivity index (χ0n) is 15.6. The first-order chi connectivity index (χ1) is 12.8. The van der Waals surface area contributed by atoms with Crippen LogP contribution in [0, 0.1) is 13.8 Å². The van der Waals surface area contributed by atoms with Crippen molar-refractivity contribution in [3.63, 3.8) is 0 Å². The summed E-state index contributed by atoms with van der Waals surface area (Å²) >= 11 is 0. The van der Waals surface area contributed by atoms with E-state index >= 15 is 0 Å². The summed E-state index contributed by atoms with van der Waals surface area (Å²) in [5.74, 6) is 0.102. The zero-order chi connectivity index (χ0) is 19.2. The van der Waals surface area contributed by atoms with Gasteiger partial charge in [0, 0.05) is 18.3 Å². The lowest BCUT2D eigenvalue weighted by Gasteiger charge is -2.43. The Morgan fingerprint density at radius 2 is 1.44 bits per heavy atom. The van der Waals surface area contributed by atoms with Crippen molar-refractivity contribution >= 4 is 21.4 Å². The zero-order valence-corrected chi connectivity index (χ0v) is 16.4. The second kappa shape index (κ2) is 6.77. The topological polar surface area (TPSA) is 57.7 Å². The lowest BCUT2D eigenvalue weighted by atomic mass is 10.0. The molecule has 0 radical (unpaired) electrons. The normalized spacial score (nSPS) is 24.8. The summed E-state index contributed by atoms with van der Waals surface area (Å²) in [5, 5.41) is 0. The maximum atomic E-state index is 13.0. The summed E-state index contributed by atoms with van der Waals surface area (Å²) in [6.45, 7) is 4.85. The van der Waals surface area contributed by atoms with Crippen LogP contribution in [0.5, 0.6) is 0 Å². The van der Waals surface area contributed by atoms with E-state index in [-0.39, 0.29) is 36.0 Å². The van der Waals surface area contributed by atoms with Gasteiger partial charge in [0.15, 0.2) is 9.84 Å². The van der Waals surface area contributed by atoms with E-state index in [0.717, 1.165) is 16.8 Å². The molecular formula is C21H24N2O3S. The molecule has 142 valence electrons. The number of aryl methyl sites for hydroxylation is 2. The summed E-state index contributed by atoms with van der Waals surface area (Å²) in [5.41, 5.74) is 4.17. The number of anilines is 1. The molecule has 4 rings (SSSR count). The van der Waals surface area contributed by atoms with Gasteiger partial charge >= 0.3 is 0 Å². The molecule has 0 bridgehead atoms. The van der Waals surface area contributed by atoms with Gasteiger partial charge in [0.05, 0.1) is 24.1 Å². The van der Waals surface area contributed by atoms with Crippen molar-refractivity contribution < 1.29 is 13.2 Å². The van der Waals surface area contributed by atoms with Crippen LogP contribution in [0.15, 0.2) is 48.5 Å². The summed E-state index contributed by atoms with van der Waals surface area (Å²) in [4.78, 5) is 16.7. The van der Waals surface area contributed by atoms with E-state index in [1.165, 1.54) is 5.56 Å². The Morgan fingerprint density at radius 1 is 0.889 bits per heavy atom. The minimum Gasteiger partial charge on any atom is -0.306 e. The Labute approximate surface area is 160 Å². The highest BCUT2D eigenvalue weighted by atomic mass is 32.2. The van der Waals surface area contributed by atoms with Crippen LogP contribution in [0.2, 0.25) is 0 Å². The van der Waals surface area contributed by atoms with Crippen LogP contribution < -0.4 is 4.90 Å². The third kappa shape index (κ3) is 3.64. The van der Waals surface area contributed by atoms with Crippen molar-refractivity contribution in [3.8, 4) is 0 Å². The first-order valence-electron chi connectivity index (χ1n) is 9.21. The fourth-order valence-corrected chi connectivity index (χ4v) is 6.08. The first kappa shape index (κ1) is 18.2. The van der Waals surface area contributed by atoms with E-state index in [1.807, 2.05) is 67.3 Å². The molecule has 6 heteroatoms. The molecule has 2 fully saturated rings. The Balaban J connectivity index is 1.65. The Bertz CT molecular complexity index is 952. The van der Waals surface area contributed by atoms with E-state index in [9.17, 15) is 13.2 Å². The number of hydrogen-bond acceptors (Lipinski definition) is 4. The minimum absolute atomic E-state index is 0.0294. The van der Waals surface area contributed by atoms with E-state index in [0.29, 0.717) is 6.54 Å². The molecule has 0 aliphatic carbocycles. The van der Waals surface area contributed by atoms with E-state index in [4.69, 9.17) is 0 Å². The number of carbonyl (C=O) groups excluding carboxylic acids is 1. The van der Waals surface area contributed by atoms with Gasteiger partial charge in [-0.3, -0.25) is 9.69 Å². The molecule has 27 heavy (non-hydrogen) atoms. The SMILES string of the molecule is Cc1ccc(CN2CC(=O)N(c3ccc(C)cc3)[C@@H]3CS(=O)(=O)C[C@@H]32)cc1. The highest BCUT2D eigenvalue weighted by Gasteiger charge is 2.49. The van der Waals surface area contributed by atoms with Crippen LogP contribution in [-0.4, -0.2) is 49.4 Å². The summed E-state index contributed by atoms with van der Waals surface area (Å²) < 4.78 is 24.8. The number of piperazine rings is 1. The average molecular weight is 385 g/mol. The summed E-state index contributed by atoms with van der Waals surface area (Å²) in [7, 11) is -3.17. The van der Waals surface area contributed by atoms with Crippen molar-refractivity contribution in [2.45, 2.75) is 32.5 Å². The Hall–Kier alpha value is -2.18. The monoisotopic (exact) mass is 384 g/mol. The molecule has 2 aliphatic rings. The fourth-order valence-electron chi connectivity index (χ4n) is 4.10. The molecule has 0 N–H and O–H groups in total. The van der Waals surface area contributed by atoms with Crippen LogP contribution in [-0.2, 0) is 21.2 Å². The lowest BCUT2D eigenvalue weighted by molar-refractivity contribution is -0.123. The minimum atomic E-state index is -3.17. The molecule has 2 saturated heterocycles. The van der Waals surface area contributed by atoms with E-state index in [1.54, 1.807) is 4.90 Å². The average Bonchev–Trinajstić information content (AvgIpc) is 2.93. The molecule has 2 heterocycles. The molecule has 1 amide bonds. The van der Waals surface area contributed by atoms with Crippen LogP contribution in [0.4, 0.5) is 5.69 Å². The van der Waals surface area contributed by atoms with Gasteiger partial charge in [-0.1, -0.05) is 47.5 Å². The van der Waals surface area contributed by atoms with Crippen LogP contribution in [0.1, 0.15) is 16.7 Å². The number of rotatable bonds is 3. The molecule has 2 atom stereocenters. The number of hydrogen-bond donors (Lipinski definition) is 0. The third-order valence-corrected chi connectivity index (χ3v) is 7.22. The van der Waals surface area contributed by atoms with E-state index in [2.05, 4.69) is 0 Å². The largest absolute Gasteiger partial charge is 0.306 e. The number of nitrogens with zero attached hydrogens (tertiary/aromatic N) is 2. The lowest BCUT2D eigenvalue weighted by Crippen LogP contribution is -2.61. The molecule has 5 nitrogen and oxygen atoms in total. The second-order valence-electron chi connectivity index (χ2n) is 7.70. The van der Waals surface area contributed by atoms with Crippen molar-refractivity contribution in [1.82, 2.24) is 4.90 Å². The van der Waals surface area contributed by atoms with Gasteiger partial charge in [0.2, 0.25) is 5.91 Å². The third-order valence-electron chi connectivity index (χ3n) is 5.52. The molecule has 0 spiro atoms. The van der Waals surface area contributed by atoms with Gasteiger partial charge in [-0.25, -0.2) is 8.42 Å². The first-order valence-corrected chi connectivity index (χ1v) is 11.0. The number of fused-ring (bicyclic) bond motifs is 1. The number of sulfone groups is 1. The highest BCUT2D eigenvalue weighted by Crippen LogP contribution is 2.32. The molecule has 0 saturated carbocycles. The Morgan fingerprint density at radius 3 is 2.07 bits per heavy atom. The van der Waals surface area contributed by atoms with Crippen molar-refractivity contribution in [2.75, 3.05) is 23.0 Å².